The van der Waals surface area contributed by atoms with Gasteiger partial charge in [0.1, 0.15) is 11.8 Å². The second-order valence-electron chi connectivity index (χ2n) is 3.18. The second kappa shape index (κ2) is 4.64. The lowest BCUT2D eigenvalue weighted by Crippen LogP contribution is -2.41. The van der Waals surface area contributed by atoms with Gasteiger partial charge in [-0.25, -0.2) is 4.98 Å². The number of hydrogen-bond donors (Lipinski definition) is 1. The molecule has 2 N–H and O–H groups in total. The zero-order valence-corrected chi connectivity index (χ0v) is 8.63. The molecule has 0 aliphatic rings. The van der Waals surface area contributed by atoms with Crippen molar-refractivity contribution in [3.63, 3.8) is 0 Å². The summed E-state index contributed by atoms with van der Waals surface area (Å²) >= 11 is 0. The zero-order valence-electron chi connectivity index (χ0n) is 8.63. The maximum absolute atomic E-state index is 12.5. The monoisotopic (exact) mass is 267 g/mol. The molecule has 0 atom stereocenters. The standard InChI is InChI=1S/C9H6F5N3O/c10-8(11,9(12,13)14)4-18-7-6(16)5(3-15)1-2-17-7/h1-2H,4,16H2. The molecule has 18 heavy (non-hydrogen) atoms. The van der Waals surface area contributed by atoms with Gasteiger partial charge in [0, 0.05) is 6.20 Å². The van der Waals surface area contributed by atoms with E-state index in [1.807, 2.05) is 0 Å². The highest BCUT2D eigenvalue weighted by Crippen LogP contribution is 2.36. The Morgan fingerprint density at radius 2 is 1.94 bits per heavy atom. The molecular formula is C9H6F5N3O. The topological polar surface area (TPSA) is 71.9 Å². The highest BCUT2D eigenvalue weighted by Gasteiger charge is 2.58. The number of nitrogen functional groups attached to an aromatic ring is 1. The Morgan fingerprint density at radius 3 is 2.44 bits per heavy atom. The molecule has 0 saturated heterocycles. The third-order valence-electron chi connectivity index (χ3n) is 1.88. The average molecular weight is 267 g/mol. The summed E-state index contributed by atoms with van der Waals surface area (Å²) in [4.78, 5) is 3.37. The number of nitriles is 1. The summed E-state index contributed by atoms with van der Waals surface area (Å²) in [6.45, 7) is -1.96. The number of nitrogens with zero attached hydrogens (tertiary/aromatic N) is 2. The molecule has 0 aromatic carbocycles. The molecule has 4 nitrogen and oxygen atoms in total. The maximum atomic E-state index is 12.5. The van der Waals surface area contributed by atoms with Crippen LogP contribution in [0.15, 0.2) is 12.3 Å². The Hall–Kier alpha value is -2.11. The number of alkyl halides is 5. The first-order valence-electron chi connectivity index (χ1n) is 4.41. The van der Waals surface area contributed by atoms with Crippen LogP contribution >= 0.6 is 0 Å². The van der Waals surface area contributed by atoms with E-state index in [0.29, 0.717) is 0 Å². The lowest BCUT2D eigenvalue weighted by Gasteiger charge is -2.19. The van der Waals surface area contributed by atoms with Gasteiger partial charge in [-0.2, -0.15) is 27.2 Å². The quantitative estimate of drug-likeness (QED) is 0.851. The Morgan fingerprint density at radius 1 is 1.33 bits per heavy atom. The molecule has 0 fully saturated rings. The first-order valence-corrected chi connectivity index (χ1v) is 4.41. The molecule has 0 aliphatic carbocycles. The molecule has 0 spiro atoms. The Labute approximate surface area is 97.8 Å². The maximum Gasteiger partial charge on any atom is 0.456 e. The van der Waals surface area contributed by atoms with Crippen LogP contribution in [0.2, 0.25) is 0 Å². The SMILES string of the molecule is N#Cc1ccnc(OCC(F)(F)C(F)(F)F)c1N. The summed E-state index contributed by atoms with van der Waals surface area (Å²) in [7, 11) is 0. The predicted octanol–water partition coefficient (Wildman–Crippen LogP) is 2.11. The fraction of sp³-hybridized carbons (Fsp3) is 0.333. The lowest BCUT2D eigenvalue weighted by molar-refractivity contribution is -0.290. The van der Waals surface area contributed by atoms with Crippen LogP contribution in [-0.2, 0) is 0 Å². The molecule has 98 valence electrons. The summed E-state index contributed by atoms with van der Waals surface area (Å²) in [5.74, 6) is -5.66. The van der Waals surface area contributed by atoms with Crippen molar-refractivity contribution in [1.29, 1.82) is 5.26 Å². The number of halogens is 5. The molecule has 0 bridgehead atoms. The predicted molar refractivity (Wildman–Crippen MR) is 49.9 cm³/mol. The molecule has 1 heterocycles. The summed E-state index contributed by atoms with van der Waals surface area (Å²) in [5, 5.41) is 8.56. The van der Waals surface area contributed by atoms with Crippen LogP contribution in [0.1, 0.15) is 5.56 Å². The van der Waals surface area contributed by atoms with E-state index >= 15 is 0 Å². The van der Waals surface area contributed by atoms with Gasteiger partial charge in [-0.05, 0) is 6.07 Å². The van der Waals surface area contributed by atoms with Crippen LogP contribution in [0, 0.1) is 11.3 Å². The smallest absolute Gasteiger partial charge is 0.456 e. The van der Waals surface area contributed by atoms with E-state index in [1.54, 1.807) is 6.07 Å². The minimum atomic E-state index is -5.73. The highest BCUT2D eigenvalue weighted by atomic mass is 19.4. The van der Waals surface area contributed by atoms with Gasteiger partial charge in [0.15, 0.2) is 6.61 Å². The fourth-order valence-electron chi connectivity index (χ4n) is 0.907. The third-order valence-corrected chi connectivity index (χ3v) is 1.88. The van der Waals surface area contributed by atoms with Crippen molar-refractivity contribution >= 4 is 5.69 Å². The van der Waals surface area contributed by atoms with Gasteiger partial charge < -0.3 is 10.5 Å². The number of pyridine rings is 1. The van der Waals surface area contributed by atoms with Crippen LogP contribution in [0.4, 0.5) is 27.6 Å². The van der Waals surface area contributed by atoms with Crippen LogP contribution in [0.5, 0.6) is 5.88 Å². The molecule has 1 rings (SSSR count). The number of aromatic nitrogens is 1. The molecule has 0 amide bonds. The van der Waals surface area contributed by atoms with Gasteiger partial charge in [-0.15, -0.1) is 0 Å². The van der Waals surface area contributed by atoms with E-state index < -0.39 is 30.3 Å². The molecule has 0 saturated carbocycles. The van der Waals surface area contributed by atoms with E-state index in [-0.39, 0.29) is 5.56 Å². The van der Waals surface area contributed by atoms with Crippen LogP contribution in [0.3, 0.4) is 0 Å². The van der Waals surface area contributed by atoms with Gasteiger partial charge in [0.05, 0.1) is 5.56 Å². The number of ether oxygens (including phenoxy) is 1. The van der Waals surface area contributed by atoms with E-state index in [1.165, 1.54) is 6.07 Å². The van der Waals surface area contributed by atoms with Crippen LogP contribution < -0.4 is 10.5 Å². The van der Waals surface area contributed by atoms with Gasteiger partial charge >= 0.3 is 12.1 Å². The van der Waals surface area contributed by atoms with Crippen LogP contribution in [0.25, 0.3) is 0 Å². The van der Waals surface area contributed by atoms with Crippen molar-refractivity contribution in [1.82, 2.24) is 4.98 Å². The summed E-state index contributed by atoms with van der Waals surface area (Å²) < 4.78 is 64.9. The molecular weight excluding hydrogens is 261 g/mol. The molecule has 1 aromatic heterocycles. The summed E-state index contributed by atoms with van der Waals surface area (Å²) in [6.07, 6.45) is -4.72. The van der Waals surface area contributed by atoms with Crippen molar-refractivity contribution in [3.8, 4) is 11.9 Å². The van der Waals surface area contributed by atoms with E-state index in [2.05, 4.69) is 9.72 Å². The largest absolute Gasteiger partial charge is 0.469 e. The van der Waals surface area contributed by atoms with E-state index in [9.17, 15) is 22.0 Å². The van der Waals surface area contributed by atoms with E-state index in [4.69, 9.17) is 11.0 Å². The lowest BCUT2D eigenvalue weighted by atomic mass is 10.2. The molecule has 0 radical (unpaired) electrons. The third kappa shape index (κ3) is 2.77. The number of anilines is 1. The minimum absolute atomic E-state index is 0.129. The highest BCUT2D eigenvalue weighted by molar-refractivity contribution is 5.59. The van der Waals surface area contributed by atoms with Crippen molar-refractivity contribution < 1.29 is 26.7 Å². The average Bonchev–Trinajstić information content (AvgIpc) is 2.26. The van der Waals surface area contributed by atoms with Gasteiger partial charge in [0.2, 0.25) is 5.88 Å². The van der Waals surface area contributed by atoms with Crippen LogP contribution in [-0.4, -0.2) is 23.7 Å². The Balaban J connectivity index is 2.86. The number of hydrogen-bond acceptors (Lipinski definition) is 4. The minimum Gasteiger partial charge on any atom is -0.469 e. The summed E-state index contributed by atoms with van der Waals surface area (Å²) in [6, 6.07) is 2.78. The van der Waals surface area contributed by atoms with Crippen molar-refractivity contribution in [2.75, 3.05) is 12.3 Å². The zero-order chi connectivity index (χ0) is 14.0. The van der Waals surface area contributed by atoms with Gasteiger partial charge in [-0.3, -0.25) is 0 Å². The van der Waals surface area contributed by atoms with E-state index in [0.717, 1.165) is 6.20 Å². The molecule has 1 aromatic rings. The second-order valence-corrected chi connectivity index (χ2v) is 3.18. The van der Waals surface area contributed by atoms with Crippen molar-refractivity contribution in [3.05, 3.63) is 17.8 Å². The number of rotatable bonds is 3. The molecule has 0 aliphatic heterocycles. The fourth-order valence-corrected chi connectivity index (χ4v) is 0.907. The normalized spacial score (nSPS) is 12.0. The van der Waals surface area contributed by atoms with Gasteiger partial charge in [0.25, 0.3) is 0 Å². The number of nitrogens with two attached hydrogens (primary N) is 1. The van der Waals surface area contributed by atoms with Gasteiger partial charge in [-0.1, -0.05) is 0 Å². The first kappa shape index (κ1) is 14.0. The van der Waals surface area contributed by atoms with Crippen molar-refractivity contribution in [2.45, 2.75) is 12.1 Å². The summed E-state index contributed by atoms with van der Waals surface area (Å²) in [5.41, 5.74) is 4.78. The molecule has 9 heteroatoms. The Kier molecular flexibility index (Phi) is 3.59. The Bertz CT molecular complexity index is 480. The van der Waals surface area contributed by atoms with Crippen molar-refractivity contribution in [2.24, 2.45) is 0 Å². The molecule has 0 unspecified atom stereocenters. The first-order chi connectivity index (χ1) is 8.19.